The van der Waals surface area contributed by atoms with Crippen molar-refractivity contribution in [3.8, 4) is 5.88 Å². The molecule has 0 atom stereocenters. The van der Waals surface area contributed by atoms with Gasteiger partial charge in [0.15, 0.2) is 0 Å². The fourth-order valence-corrected chi connectivity index (χ4v) is 1.31. The van der Waals surface area contributed by atoms with Gasteiger partial charge in [0.05, 0.1) is 13.2 Å². The van der Waals surface area contributed by atoms with Gasteiger partial charge in [-0.25, -0.2) is 4.98 Å². The molecular weight excluding hydrogens is 202 g/mol. The average Bonchev–Trinajstić information content (AvgIpc) is 2.98. The lowest BCUT2D eigenvalue weighted by molar-refractivity contribution is 0.251. The monoisotopic (exact) mass is 213 g/mol. The smallest absolute Gasteiger partial charge is 0.220 e. The number of ether oxygens (including phenoxy) is 1. The molecule has 0 aromatic carbocycles. The molecule has 1 saturated carbocycles. The van der Waals surface area contributed by atoms with E-state index in [9.17, 15) is 0 Å². The van der Waals surface area contributed by atoms with Gasteiger partial charge in [0.2, 0.25) is 5.88 Å². The minimum atomic E-state index is -0.0653. The van der Waals surface area contributed by atoms with Crippen LogP contribution in [0.3, 0.4) is 0 Å². The lowest BCUT2D eigenvalue weighted by Crippen LogP contribution is -2.03. The van der Waals surface area contributed by atoms with Gasteiger partial charge in [-0.1, -0.05) is 11.6 Å². The second-order valence-corrected chi connectivity index (χ2v) is 3.90. The highest BCUT2D eigenvalue weighted by molar-refractivity contribution is 6.29. The molecule has 1 aliphatic rings. The Morgan fingerprint density at radius 1 is 1.50 bits per heavy atom. The quantitative estimate of drug-likeness (QED) is 0.779. The molecule has 14 heavy (non-hydrogen) atoms. The fourth-order valence-electron chi connectivity index (χ4n) is 1.17. The molecule has 76 valence electrons. The van der Waals surface area contributed by atoms with Crippen molar-refractivity contribution in [2.24, 2.45) is 5.92 Å². The SMILES string of the molecule is OCc1ccc(Cl)nc1OCC1CC1. The lowest BCUT2D eigenvalue weighted by atomic mass is 10.3. The number of hydrogen-bond donors (Lipinski definition) is 1. The summed E-state index contributed by atoms with van der Waals surface area (Å²) in [6, 6.07) is 3.38. The Morgan fingerprint density at radius 2 is 2.29 bits per heavy atom. The van der Waals surface area contributed by atoms with Crippen LogP contribution in [0, 0.1) is 5.92 Å². The van der Waals surface area contributed by atoms with E-state index in [1.54, 1.807) is 12.1 Å². The minimum absolute atomic E-state index is 0.0653. The number of pyridine rings is 1. The van der Waals surface area contributed by atoms with Crippen molar-refractivity contribution in [1.82, 2.24) is 4.98 Å². The summed E-state index contributed by atoms with van der Waals surface area (Å²) in [5.41, 5.74) is 0.690. The maximum absolute atomic E-state index is 9.03. The van der Waals surface area contributed by atoms with Gasteiger partial charge in [-0.15, -0.1) is 0 Å². The summed E-state index contributed by atoms with van der Waals surface area (Å²) in [5, 5.41) is 9.42. The van der Waals surface area contributed by atoms with Crippen molar-refractivity contribution >= 4 is 11.6 Å². The zero-order valence-corrected chi connectivity index (χ0v) is 8.50. The van der Waals surface area contributed by atoms with E-state index in [2.05, 4.69) is 4.98 Å². The van der Waals surface area contributed by atoms with Crippen LogP contribution in [0.15, 0.2) is 12.1 Å². The van der Waals surface area contributed by atoms with Gasteiger partial charge in [-0.3, -0.25) is 0 Å². The first-order chi connectivity index (χ1) is 6.79. The number of aliphatic hydroxyl groups is 1. The van der Waals surface area contributed by atoms with Gasteiger partial charge in [-0.2, -0.15) is 0 Å². The van der Waals surface area contributed by atoms with Gasteiger partial charge < -0.3 is 9.84 Å². The molecule has 0 bridgehead atoms. The van der Waals surface area contributed by atoms with Crippen LogP contribution in [0.25, 0.3) is 0 Å². The fraction of sp³-hybridized carbons (Fsp3) is 0.500. The third-order valence-electron chi connectivity index (χ3n) is 2.23. The van der Waals surface area contributed by atoms with E-state index in [0.29, 0.717) is 29.1 Å². The van der Waals surface area contributed by atoms with Crippen molar-refractivity contribution in [3.05, 3.63) is 22.8 Å². The van der Waals surface area contributed by atoms with Gasteiger partial charge in [0.25, 0.3) is 0 Å². The predicted molar refractivity (Wildman–Crippen MR) is 53.4 cm³/mol. The van der Waals surface area contributed by atoms with Gasteiger partial charge in [-0.05, 0) is 30.9 Å². The van der Waals surface area contributed by atoms with Crippen molar-refractivity contribution in [1.29, 1.82) is 0 Å². The van der Waals surface area contributed by atoms with Crippen LogP contribution < -0.4 is 4.74 Å². The number of halogens is 1. The van der Waals surface area contributed by atoms with Crippen LogP contribution in [0.1, 0.15) is 18.4 Å². The van der Waals surface area contributed by atoms with E-state index >= 15 is 0 Å². The van der Waals surface area contributed by atoms with Crippen LogP contribution in [0.5, 0.6) is 5.88 Å². The highest BCUT2D eigenvalue weighted by atomic mass is 35.5. The summed E-state index contributed by atoms with van der Waals surface area (Å²) >= 11 is 5.73. The molecule has 4 heteroatoms. The highest BCUT2D eigenvalue weighted by Gasteiger charge is 2.22. The van der Waals surface area contributed by atoms with E-state index in [-0.39, 0.29) is 6.61 Å². The topological polar surface area (TPSA) is 42.4 Å². The van der Waals surface area contributed by atoms with Crippen LogP contribution in [-0.4, -0.2) is 16.7 Å². The summed E-state index contributed by atoms with van der Waals surface area (Å²) in [6.07, 6.45) is 2.46. The number of rotatable bonds is 4. The molecule has 0 saturated heterocycles. The summed E-state index contributed by atoms with van der Waals surface area (Å²) in [7, 11) is 0. The molecule has 1 heterocycles. The standard InChI is InChI=1S/C10H12ClNO2/c11-9-4-3-8(5-13)10(12-9)14-6-7-1-2-7/h3-4,7,13H,1-2,5-6H2. The summed E-state index contributed by atoms with van der Waals surface area (Å²) < 4.78 is 5.48. The molecule has 1 fully saturated rings. The molecule has 1 aromatic rings. The zero-order valence-electron chi connectivity index (χ0n) is 7.74. The molecular formula is C10H12ClNO2. The molecule has 3 nitrogen and oxygen atoms in total. The first-order valence-electron chi connectivity index (χ1n) is 4.68. The predicted octanol–water partition coefficient (Wildman–Crippen LogP) is 2.02. The van der Waals surface area contributed by atoms with Crippen LogP contribution in [-0.2, 0) is 6.61 Å². The Labute approximate surface area is 87.7 Å². The molecule has 0 amide bonds. The summed E-state index contributed by atoms with van der Waals surface area (Å²) in [4.78, 5) is 4.03. The molecule has 1 N–H and O–H groups in total. The number of nitrogens with zero attached hydrogens (tertiary/aromatic N) is 1. The Hall–Kier alpha value is -0.800. The molecule has 0 aliphatic heterocycles. The van der Waals surface area contributed by atoms with E-state index in [1.165, 1.54) is 12.8 Å². The van der Waals surface area contributed by atoms with E-state index in [1.807, 2.05) is 0 Å². The number of hydrogen-bond acceptors (Lipinski definition) is 3. The average molecular weight is 214 g/mol. The van der Waals surface area contributed by atoms with Gasteiger partial charge in [0, 0.05) is 5.56 Å². The van der Waals surface area contributed by atoms with Crippen molar-refractivity contribution < 1.29 is 9.84 Å². The minimum Gasteiger partial charge on any atom is -0.477 e. The highest BCUT2D eigenvalue weighted by Crippen LogP contribution is 2.30. The van der Waals surface area contributed by atoms with Gasteiger partial charge >= 0.3 is 0 Å². The molecule has 0 unspecified atom stereocenters. The Balaban J connectivity index is 2.07. The third-order valence-corrected chi connectivity index (χ3v) is 2.44. The summed E-state index contributed by atoms with van der Waals surface area (Å²) in [5.74, 6) is 1.13. The molecule has 0 radical (unpaired) electrons. The van der Waals surface area contributed by atoms with E-state index < -0.39 is 0 Å². The molecule has 1 aromatic heterocycles. The molecule has 0 spiro atoms. The Bertz CT molecular complexity index is 326. The third kappa shape index (κ3) is 2.36. The van der Waals surface area contributed by atoms with Crippen molar-refractivity contribution in [2.75, 3.05) is 6.61 Å². The number of aromatic nitrogens is 1. The maximum atomic E-state index is 9.03. The molecule has 2 rings (SSSR count). The van der Waals surface area contributed by atoms with Crippen molar-refractivity contribution in [3.63, 3.8) is 0 Å². The van der Waals surface area contributed by atoms with Crippen LogP contribution >= 0.6 is 11.6 Å². The Morgan fingerprint density at radius 3 is 2.93 bits per heavy atom. The normalized spacial score (nSPS) is 15.6. The first-order valence-corrected chi connectivity index (χ1v) is 5.06. The second kappa shape index (κ2) is 4.15. The first kappa shape index (κ1) is 9.74. The zero-order chi connectivity index (χ0) is 9.97. The molecule has 1 aliphatic carbocycles. The van der Waals surface area contributed by atoms with Crippen LogP contribution in [0.4, 0.5) is 0 Å². The second-order valence-electron chi connectivity index (χ2n) is 3.51. The Kier molecular flexibility index (Phi) is 2.89. The maximum Gasteiger partial charge on any atom is 0.220 e. The lowest BCUT2D eigenvalue weighted by Gasteiger charge is -2.08. The van der Waals surface area contributed by atoms with Crippen molar-refractivity contribution in [2.45, 2.75) is 19.4 Å². The van der Waals surface area contributed by atoms with Gasteiger partial charge in [0.1, 0.15) is 5.15 Å². The number of aliphatic hydroxyl groups excluding tert-OH is 1. The summed E-state index contributed by atoms with van der Waals surface area (Å²) in [6.45, 7) is 0.616. The largest absolute Gasteiger partial charge is 0.477 e. The van der Waals surface area contributed by atoms with E-state index in [0.717, 1.165) is 0 Å². The van der Waals surface area contributed by atoms with Crippen LogP contribution in [0.2, 0.25) is 5.15 Å². The van der Waals surface area contributed by atoms with E-state index in [4.69, 9.17) is 21.4 Å².